The van der Waals surface area contributed by atoms with Crippen molar-refractivity contribution in [3.8, 4) is 5.75 Å². The van der Waals surface area contributed by atoms with Crippen molar-refractivity contribution < 1.29 is 34.5 Å². The van der Waals surface area contributed by atoms with E-state index in [9.17, 15) is 34.5 Å². The molecule has 1 fully saturated rings. The second-order valence-electron chi connectivity index (χ2n) is 9.12. The molecule has 3 atom stereocenters. The molecule has 1 saturated carbocycles. The summed E-state index contributed by atoms with van der Waals surface area (Å²) in [7, 11) is 0. The van der Waals surface area contributed by atoms with Gasteiger partial charge in [-0.15, -0.1) is 0 Å². The van der Waals surface area contributed by atoms with E-state index in [2.05, 4.69) is 0 Å². The Hall–Kier alpha value is -3.42. The van der Waals surface area contributed by atoms with Crippen molar-refractivity contribution in [3.63, 3.8) is 0 Å². The van der Waals surface area contributed by atoms with E-state index in [1.165, 1.54) is 6.07 Å². The molecule has 0 aliphatic heterocycles. The molecule has 8 heteroatoms. The highest BCUT2D eigenvalue weighted by molar-refractivity contribution is 6.21. The average molecular weight is 453 g/mol. The zero-order valence-electron chi connectivity index (χ0n) is 18.4. The standard InChI is InChI=1S/C25H27NO7/c1-2-3-4-5-15(27)13-6-7-16(28)20-14(13)9-11-8-12-10-17(29)21(25(26)33)24(32)19(12)22(30)18(11)23(20)31/h6-7,11-12,19,28,31-32H,2-5,8-10H2,1H3,(H2,26,33)/t11?,12-,19?/m0/s1. The Bertz CT molecular complexity index is 1140. The van der Waals surface area contributed by atoms with Crippen LogP contribution in [0.2, 0.25) is 0 Å². The largest absolute Gasteiger partial charge is 0.511 e. The number of allylic oxidation sites excluding steroid dienone is 2. The van der Waals surface area contributed by atoms with E-state index in [0.29, 0.717) is 24.0 Å². The number of carbonyl (C=O) groups excluding carboxylic acids is 4. The van der Waals surface area contributed by atoms with Gasteiger partial charge in [-0.05, 0) is 48.8 Å². The Balaban J connectivity index is 1.79. The maximum atomic E-state index is 13.4. The third-order valence-corrected chi connectivity index (χ3v) is 7.08. The summed E-state index contributed by atoms with van der Waals surface area (Å²) in [5, 5.41) is 32.1. The number of carbonyl (C=O) groups is 4. The molecule has 0 heterocycles. The number of primary amides is 1. The Morgan fingerprint density at radius 1 is 1.09 bits per heavy atom. The van der Waals surface area contributed by atoms with E-state index in [4.69, 9.17) is 5.73 Å². The van der Waals surface area contributed by atoms with Crippen molar-refractivity contribution in [1.29, 1.82) is 0 Å². The summed E-state index contributed by atoms with van der Waals surface area (Å²) in [6.45, 7) is 2.04. The first-order valence-electron chi connectivity index (χ1n) is 11.3. The Kier molecular flexibility index (Phi) is 5.86. The highest BCUT2D eigenvalue weighted by Crippen LogP contribution is 2.50. The lowest BCUT2D eigenvalue weighted by Gasteiger charge is -2.41. The van der Waals surface area contributed by atoms with Crippen molar-refractivity contribution in [1.82, 2.24) is 0 Å². The number of Topliss-reactive ketones (excluding diaryl/α,β-unsaturated/α-hetero) is 3. The topological polar surface area (TPSA) is 155 Å². The minimum atomic E-state index is -1.15. The maximum absolute atomic E-state index is 13.4. The van der Waals surface area contributed by atoms with Gasteiger partial charge in [0.1, 0.15) is 22.8 Å². The van der Waals surface area contributed by atoms with Gasteiger partial charge in [-0.3, -0.25) is 19.2 Å². The summed E-state index contributed by atoms with van der Waals surface area (Å²) in [5.74, 6) is -5.88. The van der Waals surface area contributed by atoms with Gasteiger partial charge in [0.2, 0.25) is 0 Å². The smallest absolute Gasteiger partial charge is 0.255 e. The normalized spacial score (nSPS) is 24.3. The first kappa shape index (κ1) is 22.8. The number of benzene rings is 1. The lowest BCUT2D eigenvalue weighted by molar-refractivity contribution is -0.127. The van der Waals surface area contributed by atoms with Gasteiger partial charge in [0.25, 0.3) is 5.91 Å². The number of phenols is 1. The molecule has 4 rings (SSSR count). The number of rotatable bonds is 6. The molecule has 0 bridgehead atoms. The van der Waals surface area contributed by atoms with Crippen LogP contribution in [0.5, 0.6) is 5.75 Å². The van der Waals surface area contributed by atoms with Crippen LogP contribution >= 0.6 is 0 Å². The first-order valence-corrected chi connectivity index (χ1v) is 11.3. The molecule has 174 valence electrons. The van der Waals surface area contributed by atoms with Gasteiger partial charge in [-0.25, -0.2) is 0 Å². The number of fused-ring (bicyclic) bond motifs is 3. The summed E-state index contributed by atoms with van der Waals surface area (Å²) in [4.78, 5) is 50.3. The third kappa shape index (κ3) is 3.63. The van der Waals surface area contributed by atoms with Crippen LogP contribution in [0, 0.1) is 17.8 Å². The van der Waals surface area contributed by atoms with Crippen LogP contribution in [0.4, 0.5) is 0 Å². The van der Waals surface area contributed by atoms with E-state index in [1.807, 2.05) is 6.92 Å². The molecule has 3 aliphatic carbocycles. The number of ketones is 3. The van der Waals surface area contributed by atoms with Gasteiger partial charge < -0.3 is 21.1 Å². The van der Waals surface area contributed by atoms with Crippen LogP contribution < -0.4 is 5.73 Å². The number of aliphatic hydroxyl groups excluding tert-OH is 2. The Morgan fingerprint density at radius 2 is 1.82 bits per heavy atom. The molecule has 1 amide bonds. The molecule has 1 aromatic carbocycles. The van der Waals surface area contributed by atoms with Crippen molar-refractivity contribution >= 4 is 29.0 Å². The number of nitrogens with two attached hydrogens (primary N) is 1. The van der Waals surface area contributed by atoms with E-state index in [1.54, 1.807) is 6.07 Å². The van der Waals surface area contributed by atoms with Crippen LogP contribution in [0.3, 0.4) is 0 Å². The monoisotopic (exact) mass is 453 g/mol. The molecule has 0 radical (unpaired) electrons. The fourth-order valence-corrected chi connectivity index (χ4v) is 5.57. The summed E-state index contributed by atoms with van der Waals surface area (Å²) >= 11 is 0. The van der Waals surface area contributed by atoms with Crippen molar-refractivity contribution in [2.24, 2.45) is 23.5 Å². The Labute approximate surface area is 190 Å². The van der Waals surface area contributed by atoms with Crippen molar-refractivity contribution in [2.45, 2.75) is 51.9 Å². The molecule has 33 heavy (non-hydrogen) atoms. The number of phenolic OH excluding ortho intramolecular Hbond substituents is 1. The van der Waals surface area contributed by atoms with Gasteiger partial charge in [0, 0.05) is 24.0 Å². The van der Waals surface area contributed by atoms with E-state index in [-0.39, 0.29) is 35.5 Å². The number of aromatic hydroxyl groups is 1. The van der Waals surface area contributed by atoms with Crippen LogP contribution in [-0.4, -0.2) is 38.6 Å². The minimum Gasteiger partial charge on any atom is -0.511 e. The zero-order valence-corrected chi connectivity index (χ0v) is 18.4. The quantitative estimate of drug-likeness (QED) is 0.293. The summed E-state index contributed by atoms with van der Waals surface area (Å²) in [6.07, 6.45) is 3.40. The van der Waals surface area contributed by atoms with E-state index >= 15 is 0 Å². The van der Waals surface area contributed by atoms with Gasteiger partial charge in [-0.2, -0.15) is 0 Å². The zero-order chi connectivity index (χ0) is 24.0. The lowest BCUT2D eigenvalue weighted by atomic mass is 9.61. The number of amides is 1. The second-order valence-corrected chi connectivity index (χ2v) is 9.12. The van der Waals surface area contributed by atoms with E-state index < -0.39 is 52.3 Å². The molecule has 3 aliphatic rings. The van der Waals surface area contributed by atoms with Crippen LogP contribution in [0.1, 0.15) is 66.9 Å². The lowest BCUT2D eigenvalue weighted by Crippen LogP contribution is -2.44. The first-order chi connectivity index (χ1) is 15.7. The maximum Gasteiger partial charge on any atom is 0.255 e. The molecular formula is C25H27NO7. The summed E-state index contributed by atoms with van der Waals surface area (Å²) < 4.78 is 0. The predicted octanol–water partition coefficient (Wildman–Crippen LogP) is 3.07. The molecule has 2 unspecified atom stereocenters. The molecular weight excluding hydrogens is 426 g/mol. The molecule has 0 saturated heterocycles. The number of aliphatic hydroxyl groups is 2. The number of unbranched alkanes of at least 4 members (excludes halogenated alkanes) is 2. The third-order valence-electron chi connectivity index (χ3n) is 7.08. The fourth-order valence-electron chi connectivity index (χ4n) is 5.57. The van der Waals surface area contributed by atoms with Crippen LogP contribution in [0.15, 0.2) is 29.0 Å². The van der Waals surface area contributed by atoms with Crippen molar-refractivity contribution in [3.05, 3.63) is 45.7 Å². The van der Waals surface area contributed by atoms with E-state index in [0.717, 1.165) is 19.3 Å². The second kappa shape index (κ2) is 8.50. The molecule has 0 spiro atoms. The SMILES string of the molecule is CCCCCC(=O)c1ccc(O)c2c1CC1C[C@H]3CC(=O)C(C(N)=O)=C(O)C3C(=O)C1=C2O. The van der Waals surface area contributed by atoms with Crippen molar-refractivity contribution in [2.75, 3.05) is 0 Å². The minimum absolute atomic E-state index is 0.0411. The summed E-state index contributed by atoms with van der Waals surface area (Å²) in [6, 6.07) is 2.88. The number of hydrogen-bond acceptors (Lipinski definition) is 7. The Morgan fingerprint density at radius 3 is 2.48 bits per heavy atom. The molecule has 8 nitrogen and oxygen atoms in total. The van der Waals surface area contributed by atoms with Crippen LogP contribution in [0.25, 0.3) is 5.76 Å². The van der Waals surface area contributed by atoms with Gasteiger partial charge in [-0.1, -0.05) is 19.8 Å². The highest BCUT2D eigenvalue weighted by atomic mass is 16.3. The predicted molar refractivity (Wildman–Crippen MR) is 118 cm³/mol. The molecule has 0 aromatic heterocycles. The molecule has 1 aromatic rings. The molecule has 5 N–H and O–H groups in total. The van der Waals surface area contributed by atoms with Gasteiger partial charge >= 0.3 is 0 Å². The summed E-state index contributed by atoms with van der Waals surface area (Å²) in [5.41, 5.74) is 5.67. The van der Waals surface area contributed by atoms with Gasteiger partial charge in [0.15, 0.2) is 17.3 Å². The number of hydrogen-bond donors (Lipinski definition) is 4. The van der Waals surface area contributed by atoms with Crippen LogP contribution in [-0.2, 0) is 20.8 Å². The van der Waals surface area contributed by atoms with Gasteiger partial charge in [0.05, 0.1) is 11.5 Å². The average Bonchev–Trinajstić information content (AvgIpc) is 2.73. The fraction of sp³-hybridized carbons (Fsp3) is 0.440. The highest BCUT2D eigenvalue weighted by Gasteiger charge is 2.51.